The normalized spacial score (nSPS) is 12.9. The number of benzene rings is 1. The number of rotatable bonds is 3. The molecule has 0 radical (unpaired) electrons. The topological polar surface area (TPSA) is 103 Å². The quantitative estimate of drug-likeness (QED) is 0.451. The van der Waals surface area contributed by atoms with Gasteiger partial charge in [0.1, 0.15) is 17.3 Å². The molecular formula is C14H15F4N5. The third-order valence-electron chi connectivity index (χ3n) is 2.75. The van der Waals surface area contributed by atoms with Crippen LogP contribution in [-0.4, -0.2) is 11.7 Å². The van der Waals surface area contributed by atoms with Crippen molar-refractivity contribution in [3.8, 4) is 0 Å². The highest BCUT2D eigenvalue weighted by atomic mass is 19.4. The molecule has 0 aliphatic carbocycles. The van der Waals surface area contributed by atoms with E-state index >= 15 is 0 Å². The number of nitrogens with zero attached hydrogens (tertiary/aromatic N) is 2. The molecule has 6 N–H and O–H groups in total. The van der Waals surface area contributed by atoms with Crippen molar-refractivity contribution in [2.75, 3.05) is 0 Å². The van der Waals surface area contributed by atoms with Crippen molar-refractivity contribution in [1.29, 1.82) is 0 Å². The Bertz CT molecular complexity index is 698. The first-order valence-electron chi connectivity index (χ1n) is 6.21. The van der Waals surface area contributed by atoms with Gasteiger partial charge in [-0.25, -0.2) is 14.4 Å². The van der Waals surface area contributed by atoms with Crippen LogP contribution < -0.4 is 17.2 Å². The molecule has 0 unspecified atom stereocenters. The molecule has 1 aromatic rings. The van der Waals surface area contributed by atoms with Crippen LogP contribution in [-0.2, 0) is 6.18 Å². The molecule has 0 saturated carbocycles. The van der Waals surface area contributed by atoms with Gasteiger partial charge >= 0.3 is 6.18 Å². The van der Waals surface area contributed by atoms with Gasteiger partial charge in [0, 0.05) is 5.57 Å². The van der Waals surface area contributed by atoms with E-state index in [4.69, 9.17) is 17.2 Å². The van der Waals surface area contributed by atoms with Crippen LogP contribution in [0.2, 0.25) is 0 Å². The molecule has 0 amide bonds. The summed E-state index contributed by atoms with van der Waals surface area (Å²) in [7, 11) is 0. The zero-order valence-corrected chi connectivity index (χ0v) is 12.2. The minimum Gasteiger partial charge on any atom is -0.385 e. The predicted molar refractivity (Wildman–Crippen MR) is 81.4 cm³/mol. The molecule has 1 rings (SSSR count). The Labute approximate surface area is 129 Å². The molecule has 0 heterocycles. The van der Waals surface area contributed by atoms with E-state index in [1.165, 1.54) is 6.92 Å². The maximum absolute atomic E-state index is 13.9. The Morgan fingerprint density at radius 3 is 2.30 bits per heavy atom. The highest BCUT2D eigenvalue weighted by Gasteiger charge is 2.34. The van der Waals surface area contributed by atoms with Gasteiger partial charge in [0.2, 0.25) is 0 Å². The summed E-state index contributed by atoms with van der Waals surface area (Å²) in [6, 6.07) is 2.71. The summed E-state index contributed by atoms with van der Waals surface area (Å²) in [6.07, 6.45) is -3.73. The van der Waals surface area contributed by atoms with Crippen molar-refractivity contribution in [3.05, 3.63) is 53.6 Å². The average Bonchev–Trinajstić information content (AvgIpc) is 2.46. The van der Waals surface area contributed by atoms with Crippen LogP contribution in [0.15, 0.2) is 52.2 Å². The van der Waals surface area contributed by atoms with Gasteiger partial charge in [-0.2, -0.15) is 13.2 Å². The standard InChI is InChI=1S/C14H15F4N5/c1-3-10(23-13(21)7(2)12(19)20)22-9-6-4-5-8(11(9)15)14(16,17)18/h3-6H,1,19-20H2,2H3,(H2,21,22,23). The summed E-state index contributed by atoms with van der Waals surface area (Å²) in [6.45, 7) is 4.88. The molecular weight excluding hydrogens is 314 g/mol. The highest BCUT2D eigenvalue weighted by molar-refractivity contribution is 6.08. The molecule has 0 spiro atoms. The third kappa shape index (κ3) is 4.56. The SMILES string of the molecule is C=CC(=Nc1cccc(C(F)(F)F)c1F)N=C(N)C(C)=C(N)N. The fraction of sp³-hybridized carbons (Fsp3) is 0.143. The summed E-state index contributed by atoms with van der Waals surface area (Å²) in [5, 5.41) is 0. The van der Waals surface area contributed by atoms with Crippen molar-refractivity contribution < 1.29 is 17.6 Å². The van der Waals surface area contributed by atoms with Crippen molar-refractivity contribution in [2.45, 2.75) is 13.1 Å². The smallest absolute Gasteiger partial charge is 0.385 e. The van der Waals surface area contributed by atoms with Crippen molar-refractivity contribution >= 4 is 17.4 Å². The lowest BCUT2D eigenvalue weighted by atomic mass is 10.2. The Morgan fingerprint density at radius 1 is 1.22 bits per heavy atom. The largest absolute Gasteiger partial charge is 0.419 e. The second kappa shape index (κ2) is 6.95. The van der Waals surface area contributed by atoms with Gasteiger partial charge in [-0.15, -0.1) is 0 Å². The van der Waals surface area contributed by atoms with E-state index in [9.17, 15) is 17.6 Å². The van der Waals surface area contributed by atoms with E-state index in [1.807, 2.05) is 0 Å². The molecule has 5 nitrogen and oxygen atoms in total. The number of halogens is 4. The molecule has 9 heteroatoms. The fourth-order valence-electron chi connectivity index (χ4n) is 1.42. The summed E-state index contributed by atoms with van der Waals surface area (Å²) >= 11 is 0. The lowest BCUT2D eigenvalue weighted by Crippen LogP contribution is -2.22. The number of aliphatic imine (C=N–C) groups is 2. The molecule has 23 heavy (non-hydrogen) atoms. The van der Waals surface area contributed by atoms with Crippen LogP contribution in [0, 0.1) is 5.82 Å². The van der Waals surface area contributed by atoms with Gasteiger partial charge < -0.3 is 17.2 Å². The second-order valence-electron chi connectivity index (χ2n) is 4.39. The maximum atomic E-state index is 13.9. The first-order valence-corrected chi connectivity index (χ1v) is 6.21. The van der Waals surface area contributed by atoms with Gasteiger partial charge in [-0.1, -0.05) is 12.6 Å². The van der Waals surface area contributed by atoms with Gasteiger partial charge in [0.15, 0.2) is 11.7 Å². The maximum Gasteiger partial charge on any atom is 0.419 e. The predicted octanol–water partition coefficient (Wildman–Crippen LogP) is 2.57. The Balaban J connectivity index is 3.37. The fourth-order valence-corrected chi connectivity index (χ4v) is 1.42. The molecule has 0 bridgehead atoms. The number of nitrogens with two attached hydrogens (primary N) is 3. The first kappa shape index (κ1) is 18.2. The van der Waals surface area contributed by atoms with Gasteiger partial charge in [-0.05, 0) is 25.1 Å². The Kier molecular flexibility index (Phi) is 5.50. The average molecular weight is 329 g/mol. The Morgan fingerprint density at radius 2 is 1.83 bits per heavy atom. The van der Waals surface area contributed by atoms with Crippen LogP contribution in [0.1, 0.15) is 12.5 Å². The van der Waals surface area contributed by atoms with E-state index in [0.29, 0.717) is 6.07 Å². The minimum atomic E-state index is -4.83. The zero-order chi connectivity index (χ0) is 17.8. The van der Waals surface area contributed by atoms with Crippen LogP contribution in [0.25, 0.3) is 0 Å². The number of amidine groups is 2. The molecule has 0 aromatic heterocycles. The number of hydrogen-bond donors (Lipinski definition) is 3. The van der Waals surface area contributed by atoms with Crippen molar-refractivity contribution in [1.82, 2.24) is 0 Å². The van der Waals surface area contributed by atoms with E-state index in [-0.39, 0.29) is 23.1 Å². The molecule has 0 saturated heterocycles. The lowest BCUT2D eigenvalue weighted by molar-refractivity contribution is -0.139. The van der Waals surface area contributed by atoms with Gasteiger partial charge in [0.25, 0.3) is 0 Å². The lowest BCUT2D eigenvalue weighted by Gasteiger charge is -2.09. The minimum absolute atomic E-state index is 0.0834. The third-order valence-corrected chi connectivity index (χ3v) is 2.75. The zero-order valence-electron chi connectivity index (χ0n) is 12.2. The monoisotopic (exact) mass is 329 g/mol. The van der Waals surface area contributed by atoms with Gasteiger partial charge in [0.05, 0.1) is 5.56 Å². The molecule has 1 aromatic carbocycles. The molecule has 0 aliphatic rings. The summed E-state index contributed by atoms with van der Waals surface area (Å²) < 4.78 is 51.9. The summed E-state index contributed by atoms with van der Waals surface area (Å²) in [4.78, 5) is 7.49. The van der Waals surface area contributed by atoms with Crippen LogP contribution in [0.4, 0.5) is 23.2 Å². The van der Waals surface area contributed by atoms with E-state index in [2.05, 4.69) is 16.6 Å². The Hall–Kier alpha value is -2.84. The van der Waals surface area contributed by atoms with Crippen molar-refractivity contribution in [2.24, 2.45) is 27.2 Å². The van der Waals surface area contributed by atoms with E-state index in [0.717, 1.165) is 18.2 Å². The van der Waals surface area contributed by atoms with Crippen LogP contribution in [0.3, 0.4) is 0 Å². The number of alkyl halides is 3. The van der Waals surface area contributed by atoms with E-state index in [1.54, 1.807) is 0 Å². The van der Waals surface area contributed by atoms with Crippen LogP contribution in [0.5, 0.6) is 0 Å². The van der Waals surface area contributed by atoms with Crippen LogP contribution >= 0.6 is 0 Å². The molecule has 0 aliphatic heterocycles. The highest BCUT2D eigenvalue weighted by Crippen LogP contribution is 2.34. The van der Waals surface area contributed by atoms with Crippen molar-refractivity contribution in [3.63, 3.8) is 0 Å². The first-order chi connectivity index (χ1) is 10.6. The molecule has 0 fully saturated rings. The van der Waals surface area contributed by atoms with E-state index < -0.39 is 23.2 Å². The second-order valence-corrected chi connectivity index (χ2v) is 4.39. The molecule has 124 valence electrons. The summed E-state index contributed by atoms with van der Waals surface area (Å²) in [5.74, 6) is -1.91. The van der Waals surface area contributed by atoms with Gasteiger partial charge in [-0.3, -0.25) is 0 Å². The summed E-state index contributed by atoms with van der Waals surface area (Å²) in [5.41, 5.74) is 14.6. The molecule has 0 atom stereocenters. The number of hydrogen-bond acceptors (Lipinski definition) is 3.